The van der Waals surface area contributed by atoms with Crippen molar-refractivity contribution in [1.82, 2.24) is 9.78 Å². The molecule has 1 aliphatic heterocycles. The molecule has 1 N–H and O–H groups in total. The zero-order valence-corrected chi connectivity index (χ0v) is 17.5. The summed E-state index contributed by atoms with van der Waals surface area (Å²) >= 11 is 0. The van der Waals surface area contributed by atoms with Crippen LogP contribution < -0.4 is 10.1 Å². The minimum Gasteiger partial charge on any atom is -0.482 e. The summed E-state index contributed by atoms with van der Waals surface area (Å²) in [6.07, 6.45) is 0.461. The van der Waals surface area contributed by atoms with Crippen LogP contribution in [0.4, 0.5) is 5.82 Å². The molecule has 2 aromatic rings. The van der Waals surface area contributed by atoms with Crippen LogP contribution in [-0.4, -0.2) is 42.2 Å². The fourth-order valence-corrected chi connectivity index (χ4v) is 4.80. The number of sulfone groups is 1. The molecule has 1 atom stereocenters. The molecule has 0 radical (unpaired) electrons. The van der Waals surface area contributed by atoms with E-state index in [-0.39, 0.29) is 29.6 Å². The van der Waals surface area contributed by atoms with E-state index < -0.39 is 15.7 Å². The number of carbonyl (C=O) groups excluding carboxylic acids is 1. The highest BCUT2D eigenvalue weighted by Crippen LogP contribution is 2.30. The van der Waals surface area contributed by atoms with Crippen molar-refractivity contribution >= 4 is 21.6 Å². The molecule has 154 valence electrons. The Morgan fingerprint density at radius 2 is 2.10 bits per heavy atom. The smallest absolute Gasteiger partial charge is 0.263 e. The van der Waals surface area contributed by atoms with Crippen LogP contribution in [0.3, 0.4) is 0 Å². The minimum atomic E-state index is -3.10. The molecule has 1 aliphatic rings. The Morgan fingerprint density at radius 1 is 1.38 bits per heavy atom. The van der Waals surface area contributed by atoms with E-state index in [2.05, 4.69) is 10.4 Å². The molecule has 2 heterocycles. The molecule has 0 aliphatic carbocycles. The second-order valence-corrected chi connectivity index (χ2v) is 10.3. The molecular formula is C20H24N4O4S. The summed E-state index contributed by atoms with van der Waals surface area (Å²) in [5.74, 6) is 0.479. The topological polar surface area (TPSA) is 114 Å². The average molecular weight is 417 g/mol. The lowest BCUT2D eigenvalue weighted by atomic mass is 9.92. The van der Waals surface area contributed by atoms with Crippen molar-refractivity contribution in [3.8, 4) is 11.8 Å². The number of anilines is 1. The third-order valence-electron chi connectivity index (χ3n) is 4.69. The number of nitriles is 1. The molecule has 0 spiro atoms. The first-order valence-corrected chi connectivity index (χ1v) is 11.1. The van der Waals surface area contributed by atoms with Gasteiger partial charge in [0.2, 0.25) is 0 Å². The highest BCUT2D eigenvalue weighted by Gasteiger charge is 2.32. The number of para-hydroxylation sites is 1. The minimum absolute atomic E-state index is 0.00712. The number of amides is 1. The maximum Gasteiger partial charge on any atom is 0.263 e. The number of carbonyl (C=O) groups is 1. The molecule has 1 aromatic heterocycles. The Bertz CT molecular complexity index is 1060. The van der Waals surface area contributed by atoms with E-state index in [1.807, 2.05) is 26.8 Å². The van der Waals surface area contributed by atoms with Gasteiger partial charge in [0.05, 0.1) is 28.8 Å². The van der Waals surface area contributed by atoms with Gasteiger partial charge in [-0.05, 0) is 18.6 Å². The van der Waals surface area contributed by atoms with Gasteiger partial charge in [-0.15, -0.1) is 0 Å². The molecule has 9 heteroatoms. The van der Waals surface area contributed by atoms with Gasteiger partial charge in [-0.25, -0.2) is 13.1 Å². The van der Waals surface area contributed by atoms with Gasteiger partial charge in [0.25, 0.3) is 5.91 Å². The average Bonchev–Trinajstić information content (AvgIpc) is 3.23. The molecule has 8 nitrogen and oxygen atoms in total. The van der Waals surface area contributed by atoms with Crippen molar-refractivity contribution in [2.75, 3.05) is 23.4 Å². The van der Waals surface area contributed by atoms with Gasteiger partial charge >= 0.3 is 0 Å². The second-order valence-electron chi connectivity index (χ2n) is 8.11. The molecule has 1 amide bonds. The molecular weight excluding hydrogens is 392 g/mol. The summed E-state index contributed by atoms with van der Waals surface area (Å²) in [5, 5.41) is 16.5. The predicted octanol–water partition coefficient (Wildman–Crippen LogP) is 2.43. The van der Waals surface area contributed by atoms with Gasteiger partial charge < -0.3 is 10.1 Å². The molecule has 1 fully saturated rings. The van der Waals surface area contributed by atoms with Crippen LogP contribution in [0.5, 0.6) is 5.75 Å². The van der Waals surface area contributed by atoms with E-state index in [4.69, 9.17) is 10.00 Å². The fourth-order valence-electron chi connectivity index (χ4n) is 3.11. The number of aromatic nitrogens is 2. The van der Waals surface area contributed by atoms with Gasteiger partial charge in [-0.3, -0.25) is 4.79 Å². The summed E-state index contributed by atoms with van der Waals surface area (Å²) < 4.78 is 30.9. The van der Waals surface area contributed by atoms with Gasteiger partial charge in [-0.2, -0.15) is 10.4 Å². The van der Waals surface area contributed by atoms with Crippen molar-refractivity contribution in [1.29, 1.82) is 5.26 Å². The summed E-state index contributed by atoms with van der Waals surface area (Å²) in [6.45, 7) is 5.72. The van der Waals surface area contributed by atoms with Gasteiger partial charge in [0.1, 0.15) is 17.6 Å². The van der Waals surface area contributed by atoms with Crippen molar-refractivity contribution in [3.05, 3.63) is 41.6 Å². The predicted molar refractivity (Wildman–Crippen MR) is 109 cm³/mol. The lowest BCUT2D eigenvalue weighted by Gasteiger charge is -2.15. The van der Waals surface area contributed by atoms with Crippen LogP contribution >= 0.6 is 0 Å². The fraction of sp³-hybridized carbons (Fsp3) is 0.450. The van der Waals surface area contributed by atoms with Crippen molar-refractivity contribution in [3.63, 3.8) is 0 Å². The zero-order valence-electron chi connectivity index (χ0n) is 16.7. The molecule has 0 bridgehead atoms. The lowest BCUT2D eigenvalue weighted by Crippen LogP contribution is -2.24. The molecule has 1 saturated heterocycles. The number of benzene rings is 1. The van der Waals surface area contributed by atoms with Crippen LogP contribution in [0, 0.1) is 11.3 Å². The highest BCUT2D eigenvalue weighted by molar-refractivity contribution is 7.91. The van der Waals surface area contributed by atoms with Gasteiger partial charge in [-0.1, -0.05) is 32.9 Å². The highest BCUT2D eigenvalue weighted by atomic mass is 32.2. The van der Waals surface area contributed by atoms with E-state index in [1.165, 1.54) is 0 Å². The van der Waals surface area contributed by atoms with Crippen LogP contribution in [0.1, 0.15) is 44.5 Å². The molecule has 1 aromatic carbocycles. The first-order chi connectivity index (χ1) is 13.6. The monoisotopic (exact) mass is 416 g/mol. The number of nitrogens with zero attached hydrogens (tertiary/aromatic N) is 3. The van der Waals surface area contributed by atoms with E-state index >= 15 is 0 Å². The van der Waals surface area contributed by atoms with E-state index in [0.29, 0.717) is 23.6 Å². The number of ether oxygens (including phenoxy) is 1. The Balaban J connectivity index is 1.78. The van der Waals surface area contributed by atoms with E-state index in [0.717, 1.165) is 5.69 Å². The quantitative estimate of drug-likeness (QED) is 0.801. The van der Waals surface area contributed by atoms with Crippen molar-refractivity contribution < 1.29 is 17.9 Å². The first kappa shape index (κ1) is 20.9. The number of rotatable bonds is 5. The van der Waals surface area contributed by atoms with Crippen LogP contribution in [0.25, 0.3) is 0 Å². The van der Waals surface area contributed by atoms with Crippen molar-refractivity contribution in [2.45, 2.75) is 38.6 Å². The Morgan fingerprint density at radius 3 is 2.72 bits per heavy atom. The van der Waals surface area contributed by atoms with Crippen LogP contribution in [0.2, 0.25) is 0 Å². The third kappa shape index (κ3) is 4.95. The zero-order chi connectivity index (χ0) is 21.2. The molecule has 29 heavy (non-hydrogen) atoms. The Labute approximate surface area is 170 Å². The number of hydrogen-bond donors (Lipinski definition) is 1. The SMILES string of the molecule is CC(C)(C)c1cc(NC(=O)COc2ccccc2C#N)n(C2CCS(=O)(=O)C2)n1. The van der Waals surface area contributed by atoms with Gasteiger partial charge in [0.15, 0.2) is 16.4 Å². The van der Waals surface area contributed by atoms with Gasteiger partial charge in [0, 0.05) is 11.5 Å². The maximum absolute atomic E-state index is 12.5. The summed E-state index contributed by atoms with van der Waals surface area (Å²) in [4.78, 5) is 12.5. The summed E-state index contributed by atoms with van der Waals surface area (Å²) in [5.41, 5.74) is 0.842. The normalized spacial score (nSPS) is 18.2. The molecule has 3 rings (SSSR count). The third-order valence-corrected chi connectivity index (χ3v) is 6.44. The molecule has 1 unspecified atom stereocenters. The van der Waals surface area contributed by atoms with E-state index in [1.54, 1.807) is 35.0 Å². The first-order valence-electron chi connectivity index (χ1n) is 9.31. The number of nitrogens with one attached hydrogen (secondary N) is 1. The second kappa shape index (κ2) is 7.87. The van der Waals surface area contributed by atoms with Crippen LogP contribution in [0.15, 0.2) is 30.3 Å². The standard InChI is InChI=1S/C20H24N4O4S/c1-20(2,3)17-10-18(24(23-17)15-8-9-29(26,27)13-15)22-19(25)12-28-16-7-5-4-6-14(16)11-21/h4-7,10,15H,8-9,12-13H2,1-3H3,(H,22,25). The summed E-state index contributed by atoms with van der Waals surface area (Å²) in [6, 6.07) is 10.1. The lowest BCUT2D eigenvalue weighted by molar-refractivity contribution is -0.118. The van der Waals surface area contributed by atoms with Crippen LogP contribution in [-0.2, 0) is 20.0 Å². The Kier molecular flexibility index (Phi) is 5.66. The van der Waals surface area contributed by atoms with E-state index in [9.17, 15) is 13.2 Å². The Hall–Kier alpha value is -2.86. The van der Waals surface area contributed by atoms with Crippen molar-refractivity contribution in [2.24, 2.45) is 0 Å². The summed E-state index contributed by atoms with van der Waals surface area (Å²) in [7, 11) is -3.10. The molecule has 0 saturated carbocycles. The number of hydrogen-bond acceptors (Lipinski definition) is 6. The maximum atomic E-state index is 12.5. The largest absolute Gasteiger partial charge is 0.482 e.